The summed E-state index contributed by atoms with van der Waals surface area (Å²) in [5.41, 5.74) is 6.84. The van der Waals surface area contributed by atoms with Crippen LogP contribution >= 0.6 is 0 Å². The summed E-state index contributed by atoms with van der Waals surface area (Å²) in [4.78, 5) is 5.41. The van der Waals surface area contributed by atoms with Crippen molar-refractivity contribution in [1.82, 2.24) is 0 Å². The molecule has 0 radical (unpaired) electrons. The first kappa shape index (κ1) is 10.9. The molecule has 0 spiro atoms. The molecule has 1 saturated carbocycles. The Morgan fingerprint density at radius 3 is 2.60 bits per heavy atom. The fourth-order valence-electron chi connectivity index (χ4n) is 2.64. The lowest BCUT2D eigenvalue weighted by molar-refractivity contribution is 0.0809. The Morgan fingerprint density at radius 1 is 1.20 bits per heavy atom. The third-order valence-corrected chi connectivity index (χ3v) is 3.57. The maximum Gasteiger partial charge on any atom is 0.134 e. The lowest BCUT2D eigenvalue weighted by atomic mass is 9.91. The molecule has 0 aromatic carbocycles. The van der Waals surface area contributed by atoms with Crippen molar-refractivity contribution in [2.75, 3.05) is 6.54 Å². The molecule has 2 N–H and O–H groups in total. The average Bonchev–Trinajstić information content (AvgIpc) is 2.53. The minimum atomic E-state index is 0.272. The van der Waals surface area contributed by atoms with Crippen LogP contribution in [0.2, 0.25) is 0 Å². The van der Waals surface area contributed by atoms with Gasteiger partial charge in [-0.25, -0.2) is 0 Å². The molecule has 0 aromatic rings. The van der Waals surface area contributed by atoms with Crippen LogP contribution in [-0.2, 0) is 4.84 Å². The van der Waals surface area contributed by atoms with Crippen LogP contribution in [-0.4, -0.2) is 18.4 Å². The first-order valence-corrected chi connectivity index (χ1v) is 6.33. The Morgan fingerprint density at radius 2 is 1.93 bits per heavy atom. The largest absolute Gasteiger partial charge is 0.392 e. The minimum absolute atomic E-state index is 0.272. The predicted octanol–water partition coefficient (Wildman–Crippen LogP) is 2.45. The molecule has 15 heavy (non-hydrogen) atoms. The van der Waals surface area contributed by atoms with Crippen LogP contribution in [0.4, 0.5) is 0 Å². The highest BCUT2D eigenvalue weighted by molar-refractivity contribution is 5.87. The van der Waals surface area contributed by atoms with Gasteiger partial charge in [-0.05, 0) is 25.8 Å². The van der Waals surface area contributed by atoms with Crippen LogP contribution in [0, 0.1) is 5.92 Å². The van der Waals surface area contributed by atoms with E-state index >= 15 is 0 Å². The Bertz CT molecular complexity index is 220. The van der Waals surface area contributed by atoms with Gasteiger partial charge in [0.2, 0.25) is 0 Å². The van der Waals surface area contributed by atoms with Crippen LogP contribution in [0.3, 0.4) is 0 Å². The second-order valence-electron chi connectivity index (χ2n) is 4.78. The van der Waals surface area contributed by atoms with Crippen molar-refractivity contribution in [3.8, 4) is 0 Å². The fraction of sp³-hybridized carbons (Fsp3) is 0.917. The monoisotopic (exact) mass is 210 g/mol. The highest BCUT2D eigenvalue weighted by Gasteiger charge is 2.26. The fourth-order valence-corrected chi connectivity index (χ4v) is 2.64. The third-order valence-electron chi connectivity index (χ3n) is 3.57. The van der Waals surface area contributed by atoms with E-state index in [0.29, 0.717) is 12.5 Å². The molecule has 3 nitrogen and oxygen atoms in total. The predicted molar refractivity (Wildman–Crippen MR) is 61.8 cm³/mol. The maximum atomic E-state index is 5.53. The molecule has 1 aliphatic heterocycles. The number of hydrogen-bond acceptors (Lipinski definition) is 3. The molecule has 1 atom stereocenters. The smallest absolute Gasteiger partial charge is 0.134 e. The summed E-state index contributed by atoms with van der Waals surface area (Å²) in [6, 6.07) is 0. The van der Waals surface area contributed by atoms with Gasteiger partial charge in [-0.15, -0.1) is 0 Å². The van der Waals surface area contributed by atoms with Crippen molar-refractivity contribution in [2.24, 2.45) is 16.8 Å². The van der Waals surface area contributed by atoms with Gasteiger partial charge in [-0.2, -0.15) is 0 Å². The summed E-state index contributed by atoms with van der Waals surface area (Å²) in [6.45, 7) is 0.706. The highest BCUT2D eigenvalue weighted by atomic mass is 16.6. The molecular weight excluding hydrogens is 188 g/mol. The van der Waals surface area contributed by atoms with E-state index in [1.807, 2.05) is 0 Å². The van der Waals surface area contributed by atoms with Crippen LogP contribution in [0.15, 0.2) is 5.16 Å². The van der Waals surface area contributed by atoms with Gasteiger partial charge in [0.05, 0.1) is 5.71 Å². The Kier molecular flexibility index (Phi) is 4.01. The average molecular weight is 210 g/mol. The van der Waals surface area contributed by atoms with E-state index < -0.39 is 0 Å². The SMILES string of the molecule is NCCC1CC(C2CCCCCC2)=NO1. The molecule has 0 saturated heterocycles. The molecule has 1 fully saturated rings. The Hall–Kier alpha value is -0.570. The molecule has 0 bridgehead atoms. The van der Waals surface area contributed by atoms with Gasteiger partial charge in [0, 0.05) is 12.3 Å². The zero-order chi connectivity index (χ0) is 10.5. The van der Waals surface area contributed by atoms with E-state index in [0.717, 1.165) is 12.8 Å². The zero-order valence-corrected chi connectivity index (χ0v) is 9.45. The molecule has 2 rings (SSSR count). The third kappa shape index (κ3) is 2.94. The lowest BCUT2D eigenvalue weighted by Crippen LogP contribution is -2.17. The summed E-state index contributed by atoms with van der Waals surface area (Å²) >= 11 is 0. The molecule has 1 aliphatic carbocycles. The number of oxime groups is 1. The first-order valence-electron chi connectivity index (χ1n) is 6.33. The van der Waals surface area contributed by atoms with E-state index in [1.54, 1.807) is 0 Å². The van der Waals surface area contributed by atoms with Crippen LogP contribution < -0.4 is 5.73 Å². The zero-order valence-electron chi connectivity index (χ0n) is 9.45. The van der Waals surface area contributed by atoms with E-state index in [1.165, 1.54) is 44.2 Å². The summed E-state index contributed by atoms with van der Waals surface area (Å²) < 4.78 is 0. The van der Waals surface area contributed by atoms with Crippen molar-refractivity contribution in [3.05, 3.63) is 0 Å². The second-order valence-corrected chi connectivity index (χ2v) is 4.78. The molecule has 1 unspecified atom stereocenters. The van der Waals surface area contributed by atoms with E-state index in [9.17, 15) is 0 Å². The molecule has 2 aliphatic rings. The van der Waals surface area contributed by atoms with Crippen molar-refractivity contribution in [1.29, 1.82) is 0 Å². The summed E-state index contributed by atoms with van der Waals surface area (Å²) in [6.07, 6.45) is 10.4. The Balaban J connectivity index is 1.83. The molecule has 0 amide bonds. The molecule has 1 heterocycles. The quantitative estimate of drug-likeness (QED) is 0.727. The highest BCUT2D eigenvalue weighted by Crippen LogP contribution is 2.28. The molecule has 0 aromatic heterocycles. The minimum Gasteiger partial charge on any atom is -0.392 e. The molecular formula is C12H22N2O. The van der Waals surface area contributed by atoms with E-state index in [-0.39, 0.29) is 6.10 Å². The number of rotatable bonds is 3. The second kappa shape index (κ2) is 5.50. The Labute approximate surface area is 92.0 Å². The van der Waals surface area contributed by atoms with E-state index in [2.05, 4.69) is 5.16 Å². The van der Waals surface area contributed by atoms with Gasteiger partial charge in [-0.1, -0.05) is 30.8 Å². The standard InChI is InChI=1S/C12H22N2O/c13-8-7-11-9-12(14-15-11)10-5-3-1-2-4-6-10/h10-11H,1-9,13H2. The van der Waals surface area contributed by atoms with Gasteiger partial charge in [-0.3, -0.25) is 0 Å². The summed E-state index contributed by atoms with van der Waals surface area (Å²) in [5, 5.41) is 4.26. The summed E-state index contributed by atoms with van der Waals surface area (Å²) in [7, 11) is 0. The topological polar surface area (TPSA) is 47.6 Å². The normalized spacial score (nSPS) is 28.3. The van der Waals surface area contributed by atoms with Gasteiger partial charge in [0.1, 0.15) is 6.10 Å². The van der Waals surface area contributed by atoms with Crippen LogP contribution in [0.5, 0.6) is 0 Å². The van der Waals surface area contributed by atoms with Gasteiger partial charge in [0.25, 0.3) is 0 Å². The van der Waals surface area contributed by atoms with Crippen molar-refractivity contribution in [3.63, 3.8) is 0 Å². The van der Waals surface area contributed by atoms with Gasteiger partial charge >= 0.3 is 0 Å². The number of nitrogens with zero attached hydrogens (tertiary/aromatic N) is 1. The van der Waals surface area contributed by atoms with Crippen molar-refractivity contribution in [2.45, 2.75) is 57.5 Å². The van der Waals surface area contributed by atoms with E-state index in [4.69, 9.17) is 10.6 Å². The van der Waals surface area contributed by atoms with Crippen LogP contribution in [0.1, 0.15) is 51.4 Å². The number of nitrogens with two attached hydrogens (primary N) is 1. The van der Waals surface area contributed by atoms with Gasteiger partial charge < -0.3 is 10.6 Å². The van der Waals surface area contributed by atoms with Crippen molar-refractivity contribution >= 4 is 5.71 Å². The summed E-state index contributed by atoms with van der Waals surface area (Å²) in [5.74, 6) is 0.704. The maximum absolute atomic E-state index is 5.53. The number of hydrogen-bond donors (Lipinski definition) is 1. The first-order chi connectivity index (χ1) is 7.40. The van der Waals surface area contributed by atoms with Crippen LogP contribution in [0.25, 0.3) is 0 Å². The lowest BCUT2D eigenvalue weighted by Gasteiger charge is -2.12. The van der Waals surface area contributed by atoms with Crippen molar-refractivity contribution < 1.29 is 4.84 Å². The molecule has 3 heteroatoms. The van der Waals surface area contributed by atoms with Gasteiger partial charge in [0.15, 0.2) is 0 Å². The molecule has 86 valence electrons.